The first-order valence-corrected chi connectivity index (χ1v) is 10.8. The molecule has 1 aromatic rings. The lowest BCUT2D eigenvalue weighted by atomic mass is 9.53. The van der Waals surface area contributed by atoms with Gasteiger partial charge in [-0.15, -0.1) is 0 Å². The second kappa shape index (κ2) is 6.20. The summed E-state index contributed by atoms with van der Waals surface area (Å²) < 4.78 is 33.0. The molecule has 148 valence electrons. The van der Waals surface area contributed by atoms with E-state index in [4.69, 9.17) is 9.29 Å². The molecule has 0 radical (unpaired) electrons. The number of benzene rings is 1. The fourth-order valence-corrected chi connectivity index (χ4v) is 5.24. The van der Waals surface area contributed by atoms with Crippen LogP contribution in [0.1, 0.15) is 24.5 Å². The van der Waals surface area contributed by atoms with Crippen molar-refractivity contribution in [2.75, 3.05) is 19.3 Å². The maximum atomic E-state index is 10.4. The van der Waals surface area contributed by atoms with Crippen LogP contribution in [0, 0.1) is 5.92 Å². The Bertz CT molecular complexity index is 898. The molecule has 5 rings (SSSR count). The summed E-state index contributed by atoms with van der Waals surface area (Å²) in [5.74, 6) is 0.988. The summed E-state index contributed by atoms with van der Waals surface area (Å²) in [6.07, 6.45) is 5.18. The number of piperidine rings is 1. The second-order valence-corrected chi connectivity index (χ2v) is 9.54. The summed E-state index contributed by atoms with van der Waals surface area (Å²) in [6, 6.07) is 4.23. The molecule has 0 amide bonds. The van der Waals surface area contributed by atoms with E-state index < -0.39 is 16.2 Å². The van der Waals surface area contributed by atoms with E-state index in [1.165, 1.54) is 18.1 Å². The van der Waals surface area contributed by atoms with Crippen molar-refractivity contribution in [1.82, 2.24) is 4.90 Å². The smallest absolute Gasteiger partial charge is 0.264 e. The average molecular weight is 395 g/mol. The largest absolute Gasteiger partial charge is 0.504 e. The quantitative estimate of drug-likeness (QED) is 0.483. The first-order valence-electron chi connectivity index (χ1n) is 9.23. The third-order valence-corrected chi connectivity index (χ3v) is 7.24. The van der Waals surface area contributed by atoms with Crippen molar-refractivity contribution in [3.8, 4) is 11.5 Å². The Kier molecular flexibility index (Phi) is 4.30. The van der Waals surface area contributed by atoms with Gasteiger partial charge in [-0.2, -0.15) is 8.42 Å². The van der Waals surface area contributed by atoms with Gasteiger partial charge in [-0.25, -0.2) is 0 Å². The van der Waals surface area contributed by atoms with Gasteiger partial charge in [0.25, 0.3) is 10.1 Å². The number of ether oxygens (including phenoxy) is 1. The number of hydrogen-bond acceptors (Lipinski definition) is 6. The van der Waals surface area contributed by atoms with Crippen LogP contribution in [0.5, 0.6) is 11.5 Å². The van der Waals surface area contributed by atoms with Gasteiger partial charge in [-0.1, -0.05) is 18.2 Å². The number of phenolic OH excluding ortho intramolecular Hbond substituents is 1. The summed E-state index contributed by atoms with van der Waals surface area (Å²) in [4.78, 5) is 2.43. The topological polar surface area (TPSA) is 107 Å². The highest BCUT2D eigenvalue weighted by Gasteiger charge is 2.64. The molecule has 7 nitrogen and oxygen atoms in total. The molecule has 5 atom stereocenters. The number of likely N-dealkylation sites (N-methyl/N-ethyl adjacent to an activating group) is 1. The van der Waals surface area contributed by atoms with Gasteiger partial charge in [0.1, 0.15) is 12.2 Å². The molecular weight excluding hydrogens is 370 g/mol. The fraction of sp³-hybridized carbons (Fsp3) is 0.579. The van der Waals surface area contributed by atoms with Crippen LogP contribution in [0.15, 0.2) is 24.3 Å². The standard InChI is InChI=1S/C17H19NO3.C2H6O3S/c1-18-7-6-17-10-3-5-13(20)16(17)21-15-12(19)4-2-9(14(15)17)8-11(10)18;1-2-6(3,4)5/h2-5,10-11,13,16,19-20H,6-8H2,1H3;2H2,1H3,(H,3,4,5)/t10-,11+,13-,16-,17-;/m0./s1. The maximum Gasteiger partial charge on any atom is 0.264 e. The van der Waals surface area contributed by atoms with Crippen molar-refractivity contribution < 1.29 is 27.9 Å². The molecule has 1 saturated heterocycles. The summed E-state index contributed by atoms with van der Waals surface area (Å²) in [5.41, 5.74) is 2.29. The molecule has 2 aliphatic carbocycles. The van der Waals surface area contributed by atoms with Crippen LogP contribution < -0.4 is 4.74 Å². The third-order valence-electron chi connectivity index (χ3n) is 6.51. The molecule has 1 fully saturated rings. The number of aromatic hydroxyl groups is 1. The van der Waals surface area contributed by atoms with Gasteiger partial charge >= 0.3 is 0 Å². The van der Waals surface area contributed by atoms with E-state index in [-0.39, 0.29) is 23.0 Å². The predicted molar refractivity (Wildman–Crippen MR) is 99.7 cm³/mol. The number of rotatable bonds is 1. The van der Waals surface area contributed by atoms with Crippen molar-refractivity contribution in [3.05, 3.63) is 35.4 Å². The number of hydrogen-bond donors (Lipinski definition) is 3. The number of aliphatic hydroxyl groups excluding tert-OH is 1. The lowest BCUT2D eigenvalue weighted by Gasteiger charge is -2.56. The van der Waals surface area contributed by atoms with Crippen LogP contribution >= 0.6 is 0 Å². The zero-order valence-electron chi connectivity index (χ0n) is 15.4. The minimum absolute atomic E-state index is 0.160. The third kappa shape index (κ3) is 2.69. The zero-order chi connectivity index (χ0) is 19.6. The van der Waals surface area contributed by atoms with Crippen molar-refractivity contribution >= 4 is 10.1 Å². The molecule has 1 spiro atoms. The maximum absolute atomic E-state index is 10.4. The Morgan fingerprint density at radius 2 is 2.04 bits per heavy atom. The molecule has 8 heteroatoms. The number of phenols is 1. The molecule has 2 heterocycles. The van der Waals surface area contributed by atoms with Crippen LogP contribution in [0.3, 0.4) is 0 Å². The van der Waals surface area contributed by atoms with Crippen LogP contribution in [-0.2, 0) is 22.0 Å². The Balaban J connectivity index is 0.000000264. The van der Waals surface area contributed by atoms with E-state index in [1.54, 1.807) is 6.07 Å². The molecule has 2 bridgehead atoms. The Labute approximate surface area is 159 Å². The van der Waals surface area contributed by atoms with Gasteiger partial charge in [0.05, 0.1) is 5.75 Å². The summed E-state index contributed by atoms with van der Waals surface area (Å²) in [6.45, 7) is 2.38. The van der Waals surface area contributed by atoms with Gasteiger partial charge in [0.2, 0.25) is 0 Å². The second-order valence-electron chi connectivity index (χ2n) is 7.80. The Morgan fingerprint density at radius 1 is 1.33 bits per heavy atom. The first kappa shape index (κ1) is 18.7. The summed E-state index contributed by atoms with van der Waals surface area (Å²) in [7, 11) is -1.47. The molecule has 4 aliphatic rings. The van der Waals surface area contributed by atoms with Crippen molar-refractivity contribution in [3.63, 3.8) is 0 Å². The van der Waals surface area contributed by atoms with E-state index in [0.717, 1.165) is 19.4 Å². The van der Waals surface area contributed by atoms with Gasteiger partial charge in [0, 0.05) is 22.9 Å². The first-order chi connectivity index (χ1) is 12.7. The summed E-state index contributed by atoms with van der Waals surface area (Å²) >= 11 is 0. The molecule has 0 saturated carbocycles. The van der Waals surface area contributed by atoms with Gasteiger partial charge in [0.15, 0.2) is 11.5 Å². The minimum Gasteiger partial charge on any atom is -0.504 e. The molecule has 2 aliphatic heterocycles. The molecule has 1 aromatic carbocycles. The lowest BCUT2D eigenvalue weighted by molar-refractivity contribution is -0.0453. The average Bonchev–Trinajstić information content (AvgIpc) is 2.97. The Morgan fingerprint density at radius 3 is 2.70 bits per heavy atom. The molecular formula is C19H25NO6S. The summed E-state index contributed by atoms with van der Waals surface area (Å²) in [5, 5.41) is 20.6. The normalized spacial score (nSPS) is 35.7. The highest BCUT2D eigenvalue weighted by Crippen LogP contribution is 2.62. The zero-order valence-corrected chi connectivity index (χ0v) is 16.2. The van der Waals surface area contributed by atoms with E-state index in [2.05, 4.69) is 18.0 Å². The van der Waals surface area contributed by atoms with Crippen LogP contribution in [0.2, 0.25) is 0 Å². The number of likely N-dealkylation sites (tertiary alicyclic amines) is 1. The number of aliphatic hydroxyl groups is 1. The predicted octanol–water partition coefficient (Wildman–Crippen LogP) is 1.09. The van der Waals surface area contributed by atoms with Crippen molar-refractivity contribution in [2.24, 2.45) is 5.92 Å². The Hall–Kier alpha value is -1.61. The molecule has 3 N–H and O–H groups in total. The number of nitrogens with zero attached hydrogens (tertiary/aromatic N) is 1. The van der Waals surface area contributed by atoms with Crippen molar-refractivity contribution in [2.45, 2.75) is 43.4 Å². The molecule has 0 aromatic heterocycles. The van der Waals surface area contributed by atoms with Gasteiger partial charge < -0.3 is 19.8 Å². The SMILES string of the molecule is CCS(=O)(=O)O.CN1CC[C@]23c4c5ccc(O)c4O[C@H]2[C@@H](O)C=C[C@H]3[C@H]1C5. The van der Waals surface area contributed by atoms with E-state index in [9.17, 15) is 18.6 Å². The van der Waals surface area contributed by atoms with Crippen molar-refractivity contribution in [1.29, 1.82) is 0 Å². The van der Waals surface area contributed by atoms with Crippen LogP contribution in [0.25, 0.3) is 0 Å². The van der Waals surface area contributed by atoms with Crippen LogP contribution in [0.4, 0.5) is 0 Å². The fourth-order valence-electron chi connectivity index (χ4n) is 5.24. The minimum atomic E-state index is -3.66. The monoisotopic (exact) mass is 395 g/mol. The molecule has 0 unspecified atom stereocenters. The van der Waals surface area contributed by atoms with Gasteiger partial charge in [-0.05, 0) is 45.0 Å². The highest BCUT2D eigenvalue weighted by molar-refractivity contribution is 7.85. The van der Waals surface area contributed by atoms with E-state index in [1.807, 2.05) is 12.1 Å². The van der Waals surface area contributed by atoms with E-state index >= 15 is 0 Å². The van der Waals surface area contributed by atoms with Crippen LogP contribution in [-0.4, -0.2) is 65.7 Å². The van der Waals surface area contributed by atoms with E-state index in [0.29, 0.717) is 17.7 Å². The van der Waals surface area contributed by atoms with Gasteiger partial charge in [-0.3, -0.25) is 4.55 Å². The highest BCUT2D eigenvalue weighted by atomic mass is 32.2. The lowest BCUT2D eigenvalue weighted by Crippen LogP contribution is -2.64. The molecule has 27 heavy (non-hydrogen) atoms.